The van der Waals surface area contributed by atoms with Crippen molar-refractivity contribution in [3.05, 3.63) is 53.5 Å². The van der Waals surface area contributed by atoms with Gasteiger partial charge < -0.3 is 19.9 Å². The molecule has 8 nitrogen and oxygen atoms in total. The molecule has 2 aromatic heterocycles. The minimum Gasteiger partial charge on any atom is -0.472 e. The number of piperidine rings is 1. The number of amides is 1. The molecule has 156 valence electrons. The van der Waals surface area contributed by atoms with Crippen LogP contribution in [-0.4, -0.2) is 44.6 Å². The number of pyridine rings is 1. The number of ether oxygens (including phenoxy) is 1. The van der Waals surface area contributed by atoms with Gasteiger partial charge in [0.2, 0.25) is 5.88 Å². The van der Waals surface area contributed by atoms with Crippen LogP contribution in [-0.2, 0) is 0 Å². The maximum absolute atomic E-state index is 13.5. The van der Waals surface area contributed by atoms with Gasteiger partial charge in [-0.05, 0) is 51.8 Å². The van der Waals surface area contributed by atoms with E-state index in [0.717, 1.165) is 18.4 Å². The number of carbonyl (C=O) groups excluding carboxylic acids is 1. The fraction of sp³-hybridized carbons (Fsp3) is 0.364. The minimum absolute atomic E-state index is 0.0838. The lowest BCUT2D eigenvalue weighted by atomic mass is 9.98. The van der Waals surface area contributed by atoms with Gasteiger partial charge in [0.1, 0.15) is 6.10 Å². The van der Waals surface area contributed by atoms with Crippen molar-refractivity contribution in [1.29, 1.82) is 0 Å². The van der Waals surface area contributed by atoms with Crippen molar-refractivity contribution in [3.8, 4) is 17.3 Å². The third-order valence-electron chi connectivity index (χ3n) is 5.49. The number of nitrogens with two attached hydrogens (primary N) is 1. The highest BCUT2D eigenvalue weighted by Crippen LogP contribution is 2.29. The van der Waals surface area contributed by atoms with Crippen LogP contribution in [0.3, 0.4) is 0 Å². The molecular formula is C22H25N5O3. The summed E-state index contributed by atoms with van der Waals surface area (Å²) in [6, 6.07) is 9.14. The molecule has 2 atom stereocenters. The molecule has 0 bridgehead atoms. The van der Waals surface area contributed by atoms with Crippen molar-refractivity contribution in [2.45, 2.75) is 45.8 Å². The summed E-state index contributed by atoms with van der Waals surface area (Å²) < 4.78 is 11.4. The number of aromatic nitrogens is 3. The summed E-state index contributed by atoms with van der Waals surface area (Å²) in [5.74, 6) is 1.30. The lowest BCUT2D eigenvalue weighted by Gasteiger charge is -2.38. The van der Waals surface area contributed by atoms with Gasteiger partial charge in [0.05, 0.1) is 17.7 Å². The summed E-state index contributed by atoms with van der Waals surface area (Å²) in [7, 11) is 0. The van der Waals surface area contributed by atoms with Crippen LogP contribution in [0, 0.1) is 13.8 Å². The second kappa shape index (κ2) is 8.14. The Bertz CT molecular complexity index is 1060. The number of rotatable bonds is 4. The average Bonchev–Trinajstić information content (AvgIpc) is 3.18. The van der Waals surface area contributed by atoms with Crippen LogP contribution in [0.4, 0.5) is 5.69 Å². The van der Waals surface area contributed by atoms with E-state index in [1.807, 2.05) is 30.0 Å². The van der Waals surface area contributed by atoms with E-state index in [-0.39, 0.29) is 18.1 Å². The Morgan fingerprint density at radius 1 is 1.23 bits per heavy atom. The van der Waals surface area contributed by atoms with Gasteiger partial charge in [-0.1, -0.05) is 17.3 Å². The Labute approximate surface area is 175 Å². The second-order valence-corrected chi connectivity index (χ2v) is 7.65. The topological polar surface area (TPSA) is 107 Å². The van der Waals surface area contributed by atoms with E-state index < -0.39 is 0 Å². The molecule has 1 saturated heterocycles. The first-order valence-corrected chi connectivity index (χ1v) is 10.0. The molecule has 2 unspecified atom stereocenters. The van der Waals surface area contributed by atoms with Gasteiger partial charge in [-0.2, -0.15) is 4.98 Å². The quantitative estimate of drug-likeness (QED) is 0.706. The van der Waals surface area contributed by atoms with Gasteiger partial charge in [-0.25, -0.2) is 4.98 Å². The first-order valence-electron chi connectivity index (χ1n) is 10.0. The molecule has 1 fully saturated rings. The van der Waals surface area contributed by atoms with E-state index in [2.05, 4.69) is 22.0 Å². The van der Waals surface area contributed by atoms with Gasteiger partial charge in [0.15, 0.2) is 5.82 Å². The Hall–Kier alpha value is -3.42. The number of hydrogen-bond acceptors (Lipinski definition) is 7. The van der Waals surface area contributed by atoms with Crippen molar-refractivity contribution in [2.24, 2.45) is 0 Å². The number of likely N-dealkylation sites (tertiary alicyclic amines) is 1. The van der Waals surface area contributed by atoms with Crippen molar-refractivity contribution in [1.82, 2.24) is 20.0 Å². The number of benzene rings is 1. The van der Waals surface area contributed by atoms with Crippen LogP contribution < -0.4 is 10.5 Å². The molecule has 1 amide bonds. The summed E-state index contributed by atoms with van der Waals surface area (Å²) in [4.78, 5) is 23.9. The van der Waals surface area contributed by atoms with E-state index in [1.54, 1.807) is 25.3 Å². The van der Waals surface area contributed by atoms with E-state index >= 15 is 0 Å². The lowest BCUT2D eigenvalue weighted by molar-refractivity contribution is 0.0372. The first kappa shape index (κ1) is 19.9. The van der Waals surface area contributed by atoms with Gasteiger partial charge in [-0.15, -0.1) is 0 Å². The van der Waals surface area contributed by atoms with Crippen molar-refractivity contribution < 1.29 is 14.1 Å². The number of aryl methyl sites for hydroxylation is 1. The molecule has 0 radical (unpaired) electrons. The number of anilines is 1. The molecule has 2 N–H and O–H groups in total. The molecule has 3 heterocycles. The molecule has 1 aliphatic heterocycles. The van der Waals surface area contributed by atoms with Gasteiger partial charge in [-0.3, -0.25) is 4.79 Å². The van der Waals surface area contributed by atoms with E-state index in [4.69, 9.17) is 15.0 Å². The van der Waals surface area contributed by atoms with E-state index in [9.17, 15) is 4.79 Å². The Balaban J connectivity index is 1.57. The standard InChI is InChI=1S/C22H25N5O3/c1-13-8-9-16(29-20-14(2)19(23)10-11-24-20)12-27(13)22(28)18-7-5-4-6-17(18)21-25-15(3)26-30-21/h4-7,10-11,13,16H,8-9,12H2,1-3H3,(H2,23,24). The summed E-state index contributed by atoms with van der Waals surface area (Å²) in [6.45, 7) is 6.15. The number of carbonyl (C=O) groups is 1. The number of nitrogens with zero attached hydrogens (tertiary/aromatic N) is 4. The molecule has 1 aliphatic rings. The van der Waals surface area contributed by atoms with E-state index in [1.165, 1.54) is 0 Å². The monoisotopic (exact) mass is 407 g/mol. The molecule has 3 aromatic rings. The molecule has 1 aromatic carbocycles. The van der Waals surface area contributed by atoms with Crippen LogP contribution in [0.1, 0.15) is 41.5 Å². The smallest absolute Gasteiger partial charge is 0.258 e. The average molecular weight is 407 g/mol. The predicted octanol–water partition coefficient (Wildman–Crippen LogP) is 3.40. The Kier molecular flexibility index (Phi) is 5.39. The van der Waals surface area contributed by atoms with Gasteiger partial charge in [0, 0.05) is 23.5 Å². The third kappa shape index (κ3) is 3.85. The highest BCUT2D eigenvalue weighted by atomic mass is 16.5. The predicted molar refractivity (Wildman–Crippen MR) is 112 cm³/mol. The normalized spacial score (nSPS) is 19.0. The van der Waals surface area contributed by atoms with Crippen molar-refractivity contribution >= 4 is 11.6 Å². The van der Waals surface area contributed by atoms with Gasteiger partial charge in [0.25, 0.3) is 11.8 Å². The summed E-state index contributed by atoms with van der Waals surface area (Å²) in [5, 5.41) is 3.85. The molecule has 0 aliphatic carbocycles. The minimum atomic E-state index is -0.157. The largest absolute Gasteiger partial charge is 0.472 e. The van der Waals surface area contributed by atoms with Crippen molar-refractivity contribution in [2.75, 3.05) is 12.3 Å². The Morgan fingerprint density at radius 3 is 2.80 bits per heavy atom. The highest BCUT2D eigenvalue weighted by molar-refractivity contribution is 6.00. The molecule has 4 rings (SSSR count). The number of hydrogen-bond donors (Lipinski definition) is 1. The highest BCUT2D eigenvalue weighted by Gasteiger charge is 2.32. The van der Waals surface area contributed by atoms with Gasteiger partial charge >= 0.3 is 0 Å². The molecule has 0 saturated carbocycles. The zero-order valence-corrected chi connectivity index (χ0v) is 17.3. The summed E-state index contributed by atoms with van der Waals surface area (Å²) in [5.41, 5.74) is 8.58. The fourth-order valence-electron chi connectivity index (χ4n) is 3.68. The lowest BCUT2D eigenvalue weighted by Crippen LogP contribution is -2.49. The van der Waals surface area contributed by atoms with Crippen LogP contribution >= 0.6 is 0 Å². The fourth-order valence-corrected chi connectivity index (χ4v) is 3.68. The number of nitrogen functional groups attached to an aromatic ring is 1. The summed E-state index contributed by atoms with van der Waals surface area (Å²) >= 11 is 0. The van der Waals surface area contributed by atoms with E-state index in [0.29, 0.717) is 41.0 Å². The molecular weight excluding hydrogens is 382 g/mol. The summed E-state index contributed by atoms with van der Waals surface area (Å²) in [6.07, 6.45) is 3.15. The van der Waals surface area contributed by atoms with Crippen LogP contribution in [0.5, 0.6) is 5.88 Å². The third-order valence-corrected chi connectivity index (χ3v) is 5.49. The SMILES string of the molecule is Cc1noc(-c2ccccc2C(=O)N2CC(Oc3nccc(N)c3C)CCC2C)n1. The maximum Gasteiger partial charge on any atom is 0.258 e. The second-order valence-electron chi connectivity index (χ2n) is 7.65. The molecule has 8 heteroatoms. The van der Waals surface area contributed by atoms with Crippen LogP contribution in [0.15, 0.2) is 41.1 Å². The zero-order valence-electron chi connectivity index (χ0n) is 17.3. The van der Waals surface area contributed by atoms with Crippen LogP contribution in [0.2, 0.25) is 0 Å². The first-order chi connectivity index (χ1) is 14.4. The van der Waals surface area contributed by atoms with Crippen LogP contribution in [0.25, 0.3) is 11.5 Å². The molecule has 0 spiro atoms. The molecule has 30 heavy (non-hydrogen) atoms. The zero-order chi connectivity index (χ0) is 21.3. The Morgan fingerprint density at radius 2 is 2.03 bits per heavy atom. The van der Waals surface area contributed by atoms with Crippen molar-refractivity contribution in [3.63, 3.8) is 0 Å². The maximum atomic E-state index is 13.5.